The van der Waals surface area contributed by atoms with Crippen molar-refractivity contribution in [1.29, 1.82) is 0 Å². The first-order chi connectivity index (χ1) is 7.33. The molecule has 0 aliphatic rings. The van der Waals surface area contributed by atoms with Gasteiger partial charge in [-0.25, -0.2) is 0 Å². The van der Waals surface area contributed by atoms with Crippen molar-refractivity contribution in [3.8, 4) is 0 Å². The minimum absolute atomic E-state index is 1.32. The average Bonchev–Trinajstić information content (AvgIpc) is 2.39. The van der Waals surface area contributed by atoms with Crippen LogP contribution in [-0.2, 0) is 0 Å². The zero-order valence-corrected chi connectivity index (χ0v) is 13.7. The topological polar surface area (TPSA) is 0 Å². The van der Waals surface area contributed by atoms with Gasteiger partial charge in [-0.1, -0.05) is 88.2 Å². The van der Waals surface area contributed by atoms with Crippen LogP contribution in [0.25, 0.3) is 0 Å². The van der Waals surface area contributed by atoms with Crippen LogP contribution in [0.1, 0.15) is 89.0 Å². The van der Waals surface area contributed by atoms with E-state index >= 15 is 0 Å². The Balaban J connectivity index is -0.0000000168. The van der Waals surface area contributed by atoms with Gasteiger partial charge in [0, 0.05) is 0 Å². The number of rotatable bonds is 1. The van der Waals surface area contributed by atoms with E-state index < -0.39 is 0 Å². The first kappa shape index (κ1) is 36.4. The smallest absolute Gasteiger partial charge is 0.0473 e. The third-order valence-corrected chi connectivity index (χ3v) is 0.500. The molecule has 0 atom stereocenters. The van der Waals surface area contributed by atoms with E-state index in [1.54, 1.807) is 6.08 Å². The molecule has 100 valence electrons. The van der Waals surface area contributed by atoms with E-state index in [2.05, 4.69) is 20.4 Å². The summed E-state index contributed by atoms with van der Waals surface area (Å²) in [5, 5.41) is 0. The van der Waals surface area contributed by atoms with Crippen molar-refractivity contribution in [2.45, 2.75) is 89.0 Å². The average molecular weight is 220 g/mol. The highest BCUT2D eigenvalue weighted by Crippen LogP contribution is 1.76. The quantitative estimate of drug-likeness (QED) is 0.413. The summed E-state index contributed by atoms with van der Waals surface area (Å²) in [6, 6.07) is 0. The summed E-state index contributed by atoms with van der Waals surface area (Å²) >= 11 is 0. The predicted molar refractivity (Wildman–Crippen MR) is 81.8 cm³/mol. The van der Waals surface area contributed by atoms with E-state index in [0.717, 1.165) is 0 Å². The monoisotopic (exact) mass is 220 g/mol. The number of hydrogen-bond acceptors (Lipinski definition) is 0. The van der Waals surface area contributed by atoms with Crippen LogP contribution in [-0.4, -0.2) is 0 Å². The number of hydrogen-bond donors (Lipinski definition) is 0. The van der Waals surface area contributed by atoms with Gasteiger partial charge in [-0.05, 0) is 6.92 Å². The molecule has 0 unspecified atom stereocenters. The lowest BCUT2D eigenvalue weighted by atomic mass is 10.4. The molecule has 0 radical (unpaired) electrons. The Labute approximate surface area is 102 Å². The Morgan fingerprint density at radius 1 is 0.667 bits per heavy atom. The van der Waals surface area contributed by atoms with Crippen molar-refractivity contribution in [1.82, 2.24) is 0 Å². The summed E-state index contributed by atoms with van der Waals surface area (Å²) in [6.45, 7) is 25.6. The van der Waals surface area contributed by atoms with Gasteiger partial charge < -0.3 is 0 Å². The van der Waals surface area contributed by atoms with Gasteiger partial charge >= 0.3 is 0 Å². The molecule has 0 saturated heterocycles. The highest BCUT2D eigenvalue weighted by molar-refractivity contribution is 4.51. The molecule has 0 rings (SSSR count). The van der Waals surface area contributed by atoms with Gasteiger partial charge in [0.25, 0.3) is 0 Å². The molecule has 0 N–H and O–H groups in total. The molecule has 0 spiro atoms. The van der Waals surface area contributed by atoms with E-state index in [4.69, 9.17) is 0 Å². The fourth-order valence-corrected chi connectivity index (χ4v) is 0. The third kappa shape index (κ3) is 3460. The Hall–Kier alpha value is -0.260. The van der Waals surface area contributed by atoms with Crippen LogP contribution >= 0.6 is 0 Å². The summed E-state index contributed by atoms with van der Waals surface area (Å²) in [5.41, 5.74) is 0. The van der Waals surface area contributed by atoms with Gasteiger partial charge in [0.2, 0.25) is 0 Å². The summed E-state index contributed by atoms with van der Waals surface area (Å²) in [4.78, 5) is 0. The van der Waals surface area contributed by atoms with Crippen LogP contribution in [0.3, 0.4) is 0 Å². The second-order valence-corrected chi connectivity index (χ2v) is 1.41. The molecule has 0 saturated carbocycles. The lowest BCUT2D eigenvalue weighted by molar-refractivity contribution is 0.886. The highest BCUT2D eigenvalue weighted by Gasteiger charge is 1.56. The maximum Gasteiger partial charge on any atom is -0.0473 e. The lowest BCUT2D eigenvalue weighted by Crippen LogP contribution is -1.47. The van der Waals surface area contributed by atoms with Gasteiger partial charge in [0.1, 0.15) is 0 Å². The molecule has 0 aliphatic heterocycles. The molecule has 0 amide bonds. The fraction of sp³-hybridized carbons (Fsp3) is 0.867. The van der Waals surface area contributed by atoms with Gasteiger partial charge in [-0.15, -0.1) is 6.58 Å². The molecule has 0 bridgehead atoms. The molecule has 0 heteroatoms. The van der Waals surface area contributed by atoms with E-state index in [1.807, 2.05) is 62.3 Å². The lowest BCUT2D eigenvalue weighted by Gasteiger charge is -1.68. The Bertz CT molecular complexity index is 19.2. The molecule has 0 aromatic heterocycles. The molecule has 15 heavy (non-hydrogen) atoms. The van der Waals surface area contributed by atoms with Gasteiger partial charge in [0.15, 0.2) is 0 Å². The van der Waals surface area contributed by atoms with Crippen molar-refractivity contribution in [3.05, 3.63) is 12.7 Å². The Kier molecular flexibility index (Phi) is 721. The predicted octanol–water partition coefficient (Wildman–Crippen LogP) is 7.10. The van der Waals surface area contributed by atoms with Crippen LogP contribution in [0, 0.1) is 0 Å². The SMILES string of the molecule is C=CC.CC.CC.CC.CC.CCCC. The minimum Gasteiger partial charge on any atom is -0.103 e. The molecule has 0 heterocycles. The molecule has 0 aliphatic carbocycles. The van der Waals surface area contributed by atoms with Crippen LogP contribution in [0.5, 0.6) is 0 Å². The van der Waals surface area contributed by atoms with Gasteiger partial charge in [0.05, 0.1) is 0 Å². The maximum atomic E-state index is 3.36. The molecular weight excluding hydrogens is 180 g/mol. The largest absolute Gasteiger partial charge is 0.103 e. The van der Waals surface area contributed by atoms with Crippen LogP contribution < -0.4 is 0 Å². The highest BCUT2D eigenvalue weighted by atomic mass is 13.6. The molecule has 0 aromatic rings. The van der Waals surface area contributed by atoms with E-state index in [9.17, 15) is 0 Å². The van der Waals surface area contributed by atoms with Crippen LogP contribution in [0.15, 0.2) is 12.7 Å². The fourth-order valence-electron chi connectivity index (χ4n) is 0. The number of allylic oxidation sites excluding steroid dienone is 1. The zero-order chi connectivity index (χ0) is 14.1. The Morgan fingerprint density at radius 3 is 0.733 bits per heavy atom. The second kappa shape index (κ2) is 297. The summed E-state index contributed by atoms with van der Waals surface area (Å²) < 4.78 is 0. The van der Waals surface area contributed by atoms with E-state index in [-0.39, 0.29) is 0 Å². The standard InChI is InChI=1S/C4H10.C3H6.4C2H6/c1-3-4-2;1-3-2;4*1-2/h3-4H2,1-2H3;3H,1H2,2H3;4*1-2H3. The van der Waals surface area contributed by atoms with Crippen LogP contribution in [0.2, 0.25) is 0 Å². The van der Waals surface area contributed by atoms with Crippen LogP contribution in [0.4, 0.5) is 0 Å². The molecule has 0 fully saturated rings. The van der Waals surface area contributed by atoms with Crippen molar-refractivity contribution < 1.29 is 0 Å². The second-order valence-electron chi connectivity index (χ2n) is 1.41. The van der Waals surface area contributed by atoms with Crippen molar-refractivity contribution in [2.24, 2.45) is 0 Å². The third-order valence-electron chi connectivity index (χ3n) is 0.500. The molecule has 0 nitrogen and oxygen atoms in total. The van der Waals surface area contributed by atoms with Crippen molar-refractivity contribution in [3.63, 3.8) is 0 Å². The first-order valence-corrected chi connectivity index (χ1v) is 6.90. The normalized spacial score (nSPS) is 4.47. The molecular formula is C15H40. The van der Waals surface area contributed by atoms with Crippen molar-refractivity contribution >= 4 is 0 Å². The van der Waals surface area contributed by atoms with Crippen molar-refractivity contribution in [2.75, 3.05) is 0 Å². The maximum absolute atomic E-state index is 3.36. The van der Waals surface area contributed by atoms with Gasteiger partial charge in [-0.2, -0.15) is 0 Å². The zero-order valence-electron chi connectivity index (χ0n) is 13.7. The van der Waals surface area contributed by atoms with Gasteiger partial charge in [-0.3, -0.25) is 0 Å². The minimum atomic E-state index is 1.32. The summed E-state index contributed by atoms with van der Waals surface area (Å²) in [7, 11) is 0. The summed E-state index contributed by atoms with van der Waals surface area (Å²) in [6.07, 6.45) is 4.39. The van der Waals surface area contributed by atoms with E-state index in [0.29, 0.717) is 0 Å². The Morgan fingerprint density at radius 2 is 0.733 bits per heavy atom. The summed E-state index contributed by atoms with van der Waals surface area (Å²) in [5.74, 6) is 0. The molecule has 0 aromatic carbocycles. The van der Waals surface area contributed by atoms with E-state index in [1.165, 1.54) is 12.8 Å². The number of unbranched alkanes of at least 4 members (excludes halogenated alkanes) is 1. The first-order valence-electron chi connectivity index (χ1n) is 6.90.